The maximum absolute atomic E-state index is 14.0. The number of amides is 1. The van der Waals surface area contributed by atoms with Crippen molar-refractivity contribution in [2.75, 3.05) is 10.6 Å². The highest BCUT2D eigenvalue weighted by Crippen LogP contribution is 2.28. The van der Waals surface area contributed by atoms with Crippen molar-refractivity contribution in [1.29, 1.82) is 0 Å². The fraction of sp³-hybridized carbons (Fsp3) is 0.200. The molecule has 0 fully saturated rings. The van der Waals surface area contributed by atoms with E-state index in [9.17, 15) is 9.18 Å². The quantitative estimate of drug-likeness (QED) is 0.902. The summed E-state index contributed by atoms with van der Waals surface area (Å²) in [6.07, 6.45) is 4.42. The van der Waals surface area contributed by atoms with Crippen LogP contribution in [0.15, 0.2) is 36.7 Å². The molecule has 5 heteroatoms. The summed E-state index contributed by atoms with van der Waals surface area (Å²) in [4.78, 5) is 15.4. The number of pyridine rings is 1. The number of carbonyl (C=O) groups excluding carboxylic acids is 1. The first-order valence-corrected chi connectivity index (χ1v) is 6.47. The zero-order valence-electron chi connectivity index (χ0n) is 10.8. The maximum atomic E-state index is 14.0. The maximum Gasteiger partial charge on any atom is 0.224 e. The third-order valence-corrected chi connectivity index (χ3v) is 3.29. The Bertz CT molecular complexity index is 643. The fourth-order valence-electron chi connectivity index (χ4n) is 2.23. The predicted octanol–water partition coefficient (Wildman–Crippen LogP) is 2.72. The van der Waals surface area contributed by atoms with Gasteiger partial charge in [0, 0.05) is 31.0 Å². The van der Waals surface area contributed by atoms with Crippen LogP contribution >= 0.6 is 0 Å². The summed E-state index contributed by atoms with van der Waals surface area (Å²) in [7, 11) is 0. The van der Waals surface area contributed by atoms with E-state index in [1.807, 2.05) is 12.1 Å². The molecule has 1 aliphatic heterocycles. The largest absolute Gasteiger partial charge is 0.378 e. The summed E-state index contributed by atoms with van der Waals surface area (Å²) >= 11 is 0. The zero-order chi connectivity index (χ0) is 13.9. The minimum atomic E-state index is -0.302. The number of halogens is 1. The van der Waals surface area contributed by atoms with E-state index >= 15 is 0 Å². The van der Waals surface area contributed by atoms with E-state index in [-0.39, 0.29) is 11.7 Å². The molecule has 0 radical (unpaired) electrons. The van der Waals surface area contributed by atoms with Crippen molar-refractivity contribution in [2.45, 2.75) is 19.4 Å². The van der Waals surface area contributed by atoms with Gasteiger partial charge in [-0.2, -0.15) is 0 Å². The molecule has 3 rings (SSSR count). The minimum Gasteiger partial charge on any atom is -0.378 e. The highest BCUT2D eigenvalue weighted by molar-refractivity contribution is 5.94. The first-order valence-electron chi connectivity index (χ1n) is 6.47. The monoisotopic (exact) mass is 271 g/mol. The highest BCUT2D eigenvalue weighted by atomic mass is 19.1. The molecule has 102 valence electrons. The van der Waals surface area contributed by atoms with E-state index in [0.29, 0.717) is 30.8 Å². The van der Waals surface area contributed by atoms with E-state index in [1.54, 1.807) is 18.5 Å². The molecule has 20 heavy (non-hydrogen) atoms. The van der Waals surface area contributed by atoms with Crippen LogP contribution in [0, 0.1) is 5.82 Å². The lowest BCUT2D eigenvalue weighted by molar-refractivity contribution is -0.116. The molecule has 0 spiro atoms. The molecule has 0 saturated heterocycles. The summed E-state index contributed by atoms with van der Waals surface area (Å²) in [5, 5.41) is 5.80. The molecule has 1 aliphatic rings. The first-order chi connectivity index (χ1) is 9.72. The Kier molecular flexibility index (Phi) is 3.33. The molecular formula is C15H14FN3O. The van der Waals surface area contributed by atoms with Gasteiger partial charge >= 0.3 is 0 Å². The number of benzene rings is 1. The van der Waals surface area contributed by atoms with Gasteiger partial charge in [0.15, 0.2) is 0 Å². The molecule has 4 nitrogen and oxygen atoms in total. The van der Waals surface area contributed by atoms with Crippen molar-refractivity contribution in [1.82, 2.24) is 4.98 Å². The van der Waals surface area contributed by atoms with Crippen LogP contribution < -0.4 is 10.6 Å². The molecule has 0 aliphatic carbocycles. The van der Waals surface area contributed by atoms with Crippen LogP contribution in [0.2, 0.25) is 0 Å². The number of hydrogen-bond donors (Lipinski definition) is 2. The van der Waals surface area contributed by atoms with Crippen molar-refractivity contribution in [3.05, 3.63) is 53.6 Å². The van der Waals surface area contributed by atoms with Gasteiger partial charge < -0.3 is 10.6 Å². The Morgan fingerprint density at radius 3 is 3.05 bits per heavy atom. The minimum absolute atomic E-state index is 0.0256. The molecule has 1 aromatic carbocycles. The van der Waals surface area contributed by atoms with E-state index in [0.717, 1.165) is 11.1 Å². The lowest BCUT2D eigenvalue weighted by atomic mass is 10.0. The normalized spacial score (nSPS) is 13.6. The molecular weight excluding hydrogens is 257 g/mol. The third kappa shape index (κ3) is 2.61. The van der Waals surface area contributed by atoms with Crippen molar-refractivity contribution >= 4 is 17.3 Å². The van der Waals surface area contributed by atoms with Gasteiger partial charge in [0.1, 0.15) is 5.82 Å². The van der Waals surface area contributed by atoms with E-state index < -0.39 is 0 Å². The molecule has 0 atom stereocenters. The lowest BCUT2D eigenvalue weighted by Crippen LogP contribution is -2.19. The van der Waals surface area contributed by atoms with Crippen LogP contribution in [0.5, 0.6) is 0 Å². The molecule has 0 saturated carbocycles. The zero-order valence-corrected chi connectivity index (χ0v) is 10.8. The molecule has 2 heterocycles. The second-order valence-electron chi connectivity index (χ2n) is 4.75. The topological polar surface area (TPSA) is 54.0 Å². The second-order valence-corrected chi connectivity index (χ2v) is 4.75. The van der Waals surface area contributed by atoms with Gasteiger partial charge in [0.05, 0.1) is 5.69 Å². The smallest absolute Gasteiger partial charge is 0.224 e. The van der Waals surface area contributed by atoms with Crippen molar-refractivity contribution in [3.8, 4) is 0 Å². The predicted molar refractivity (Wildman–Crippen MR) is 74.9 cm³/mol. The van der Waals surface area contributed by atoms with E-state index in [2.05, 4.69) is 15.6 Å². The Hall–Kier alpha value is -2.43. The number of nitrogens with one attached hydrogen (secondary N) is 2. The van der Waals surface area contributed by atoms with Gasteiger partial charge in [0.25, 0.3) is 0 Å². The first kappa shape index (κ1) is 12.6. The van der Waals surface area contributed by atoms with Crippen LogP contribution in [0.4, 0.5) is 15.8 Å². The molecule has 0 bridgehead atoms. The van der Waals surface area contributed by atoms with Crippen LogP contribution in [0.25, 0.3) is 0 Å². The molecule has 2 N–H and O–H groups in total. The average molecular weight is 271 g/mol. The van der Waals surface area contributed by atoms with Gasteiger partial charge in [-0.05, 0) is 35.7 Å². The van der Waals surface area contributed by atoms with Crippen LogP contribution in [0.3, 0.4) is 0 Å². The van der Waals surface area contributed by atoms with Gasteiger partial charge in [0.2, 0.25) is 5.91 Å². The van der Waals surface area contributed by atoms with Crippen molar-refractivity contribution in [3.63, 3.8) is 0 Å². The van der Waals surface area contributed by atoms with Crippen LogP contribution in [-0.2, 0) is 17.8 Å². The fourth-order valence-corrected chi connectivity index (χ4v) is 2.23. The Morgan fingerprint density at radius 1 is 1.35 bits per heavy atom. The van der Waals surface area contributed by atoms with E-state index in [1.165, 1.54) is 6.07 Å². The molecule has 1 amide bonds. The molecule has 1 aromatic heterocycles. The van der Waals surface area contributed by atoms with E-state index in [4.69, 9.17) is 0 Å². The third-order valence-electron chi connectivity index (χ3n) is 3.29. The number of fused-ring (bicyclic) bond motifs is 1. The van der Waals surface area contributed by atoms with Crippen molar-refractivity contribution < 1.29 is 9.18 Å². The number of rotatable bonds is 3. The summed E-state index contributed by atoms with van der Waals surface area (Å²) < 4.78 is 14.0. The SMILES string of the molecule is O=C1CCc2cc(F)c(NCc3cccnc3)cc2N1. The number of carbonyl (C=O) groups is 1. The van der Waals surface area contributed by atoms with Gasteiger partial charge in [-0.25, -0.2) is 4.39 Å². The average Bonchev–Trinajstić information content (AvgIpc) is 2.46. The summed E-state index contributed by atoms with van der Waals surface area (Å²) in [5.74, 6) is -0.328. The second kappa shape index (κ2) is 5.28. The number of aryl methyl sites for hydroxylation is 1. The Labute approximate surface area is 116 Å². The van der Waals surface area contributed by atoms with Gasteiger partial charge in [-0.1, -0.05) is 6.07 Å². The molecule has 0 unspecified atom stereocenters. The summed E-state index contributed by atoms with van der Waals surface area (Å²) in [6.45, 7) is 0.484. The highest BCUT2D eigenvalue weighted by Gasteiger charge is 2.17. The van der Waals surface area contributed by atoms with Crippen LogP contribution in [-0.4, -0.2) is 10.9 Å². The van der Waals surface area contributed by atoms with Crippen LogP contribution in [0.1, 0.15) is 17.5 Å². The van der Waals surface area contributed by atoms with Crippen molar-refractivity contribution in [2.24, 2.45) is 0 Å². The summed E-state index contributed by atoms with van der Waals surface area (Å²) in [6, 6.07) is 6.89. The number of aromatic nitrogens is 1. The number of nitrogens with zero attached hydrogens (tertiary/aromatic N) is 1. The Morgan fingerprint density at radius 2 is 2.25 bits per heavy atom. The standard InChI is InChI=1S/C15H14FN3O/c16-12-6-11-3-4-15(20)19-13(11)7-14(12)18-9-10-2-1-5-17-8-10/h1-2,5-8,18H,3-4,9H2,(H,19,20). The number of anilines is 2. The number of hydrogen-bond acceptors (Lipinski definition) is 3. The molecule has 2 aromatic rings. The lowest BCUT2D eigenvalue weighted by Gasteiger charge is -2.18. The van der Waals surface area contributed by atoms with Gasteiger partial charge in [-0.15, -0.1) is 0 Å². The van der Waals surface area contributed by atoms with Gasteiger partial charge in [-0.3, -0.25) is 9.78 Å². The summed E-state index contributed by atoms with van der Waals surface area (Å²) in [5.41, 5.74) is 2.88. The Balaban J connectivity index is 1.80.